The number of rotatable bonds is 10. The molecule has 9 heteroatoms. The minimum Gasteiger partial charge on any atom is -0.497 e. The highest BCUT2D eigenvalue weighted by Crippen LogP contribution is 2.21. The number of nitrogens with zero attached hydrogens (tertiary/aromatic N) is 2. The molecule has 2 heterocycles. The first-order chi connectivity index (χ1) is 18.2. The van der Waals surface area contributed by atoms with Crippen molar-refractivity contribution in [1.29, 1.82) is 0 Å². The van der Waals surface area contributed by atoms with Crippen LogP contribution in [0.15, 0.2) is 65.4 Å². The molecule has 2 aromatic heterocycles. The second-order valence-electron chi connectivity index (χ2n) is 9.10. The number of carboxylic acids is 1. The number of pyridine rings is 1. The van der Waals surface area contributed by atoms with Gasteiger partial charge in [0.1, 0.15) is 29.6 Å². The van der Waals surface area contributed by atoms with E-state index in [1.165, 1.54) is 0 Å². The fourth-order valence-corrected chi connectivity index (χ4v) is 4.34. The number of aliphatic carboxylic acids is 1. The number of benzene rings is 2. The van der Waals surface area contributed by atoms with Gasteiger partial charge in [-0.25, -0.2) is 14.8 Å². The van der Waals surface area contributed by atoms with Crippen molar-refractivity contribution in [1.82, 2.24) is 15.3 Å². The van der Waals surface area contributed by atoms with Gasteiger partial charge in [-0.2, -0.15) is 0 Å². The number of hydrogen-bond donors (Lipinski definition) is 3. The van der Waals surface area contributed by atoms with Crippen LogP contribution in [0.1, 0.15) is 38.5 Å². The summed E-state index contributed by atoms with van der Waals surface area (Å²) in [5, 5.41) is 15.6. The number of aryl methyl sites for hydroxylation is 3. The predicted molar refractivity (Wildman–Crippen MR) is 143 cm³/mol. The van der Waals surface area contributed by atoms with Crippen LogP contribution in [0.5, 0.6) is 5.75 Å². The van der Waals surface area contributed by atoms with Crippen LogP contribution in [0.2, 0.25) is 0 Å². The maximum Gasteiger partial charge on any atom is 0.326 e. The average Bonchev–Trinajstić information content (AvgIpc) is 3.36. The van der Waals surface area contributed by atoms with Gasteiger partial charge in [0.2, 0.25) is 5.89 Å². The summed E-state index contributed by atoms with van der Waals surface area (Å²) in [4.78, 5) is 33.6. The molecule has 0 fully saturated rings. The van der Waals surface area contributed by atoms with E-state index in [-0.39, 0.29) is 6.42 Å². The Labute approximate surface area is 220 Å². The van der Waals surface area contributed by atoms with E-state index in [4.69, 9.17) is 9.15 Å². The molecule has 0 spiro atoms. The van der Waals surface area contributed by atoms with Crippen molar-refractivity contribution in [3.8, 4) is 17.0 Å². The Bertz CT molecular complexity index is 1420. The number of nitrogens with one attached hydrogen (secondary N) is 2. The molecular weight excluding hydrogens is 484 g/mol. The van der Waals surface area contributed by atoms with Crippen molar-refractivity contribution in [2.45, 2.75) is 39.8 Å². The maximum atomic E-state index is 12.9. The summed E-state index contributed by atoms with van der Waals surface area (Å²) in [5.74, 6) is 0.340. The van der Waals surface area contributed by atoms with E-state index in [1.807, 2.05) is 57.2 Å². The first-order valence-electron chi connectivity index (χ1n) is 12.1. The van der Waals surface area contributed by atoms with Crippen molar-refractivity contribution < 1.29 is 23.8 Å². The number of amides is 1. The third-order valence-electron chi connectivity index (χ3n) is 6.14. The number of carbonyl (C=O) groups excluding carboxylic acids is 1. The quantitative estimate of drug-likeness (QED) is 0.278. The SMILES string of the molecule is COc1ccnc(NCc2nc(-c3ccc(CC(NC(=O)c4c(C)cc(C)cc4C)C(=O)O)cc3)co2)c1. The van der Waals surface area contributed by atoms with Crippen LogP contribution in [0.3, 0.4) is 0 Å². The fraction of sp³-hybridized carbons (Fsp3) is 0.241. The largest absolute Gasteiger partial charge is 0.497 e. The second-order valence-corrected chi connectivity index (χ2v) is 9.10. The standard InChI is InChI=1S/C29H30N4O5/c1-17-11-18(2)27(19(3)12-17)28(34)33-23(29(35)36)13-20-5-7-21(8-6-20)24-16-38-26(32-24)15-31-25-14-22(37-4)9-10-30-25/h5-12,14,16,23H,13,15H2,1-4H3,(H,30,31)(H,33,34)(H,35,36). The molecule has 1 amide bonds. The molecule has 4 rings (SSSR count). The molecule has 2 aromatic carbocycles. The maximum absolute atomic E-state index is 12.9. The molecule has 1 unspecified atom stereocenters. The summed E-state index contributed by atoms with van der Waals surface area (Å²) in [7, 11) is 1.59. The fourth-order valence-electron chi connectivity index (χ4n) is 4.34. The van der Waals surface area contributed by atoms with Gasteiger partial charge in [0.15, 0.2) is 0 Å². The minimum atomic E-state index is -1.09. The number of oxazole rings is 1. The Balaban J connectivity index is 1.39. The Hall–Kier alpha value is -4.66. The molecule has 0 saturated heterocycles. The van der Waals surface area contributed by atoms with Gasteiger partial charge < -0.3 is 24.9 Å². The Morgan fingerprint density at radius 3 is 2.42 bits per heavy atom. The molecule has 4 aromatic rings. The zero-order chi connectivity index (χ0) is 27.2. The molecule has 0 saturated carbocycles. The molecule has 1 atom stereocenters. The molecular formula is C29H30N4O5. The van der Waals surface area contributed by atoms with E-state index < -0.39 is 17.9 Å². The van der Waals surface area contributed by atoms with E-state index in [2.05, 4.69) is 20.6 Å². The van der Waals surface area contributed by atoms with Gasteiger partial charge >= 0.3 is 5.97 Å². The van der Waals surface area contributed by atoms with Crippen molar-refractivity contribution >= 4 is 17.7 Å². The van der Waals surface area contributed by atoms with Crippen LogP contribution in [-0.4, -0.2) is 40.1 Å². The summed E-state index contributed by atoms with van der Waals surface area (Å²) in [5.41, 5.74) is 5.44. The zero-order valence-corrected chi connectivity index (χ0v) is 21.7. The zero-order valence-electron chi connectivity index (χ0n) is 21.7. The predicted octanol–water partition coefficient (Wildman–Crippen LogP) is 4.71. The van der Waals surface area contributed by atoms with Gasteiger partial charge in [0.05, 0.1) is 13.7 Å². The highest BCUT2D eigenvalue weighted by atomic mass is 16.5. The van der Waals surface area contributed by atoms with Gasteiger partial charge in [-0.3, -0.25) is 4.79 Å². The molecule has 0 aliphatic rings. The molecule has 0 aliphatic heterocycles. The summed E-state index contributed by atoms with van der Waals surface area (Å²) in [6, 6.07) is 13.7. The molecule has 0 aliphatic carbocycles. The number of ether oxygens (including phenoxy) is 1. The van der Waals surface area contributed by atoms with Gasteiger partial charge in [-0.05, 0) is 43.5 Å². The van der Waals surface area contributed by atoms with Crippen molar-refractivity contribution in [3.05, 3.63) is 94.7 Å². The number of methoxy groups -OCH3 is 1. The topological polar surface area (TPSA) is 127 Å². The van der Waals surface area contributed by atoms with Crippen LogP contribution in [0.4, 0.5) is 5.82 Å². The third kappa shape index (κ3) is 6.36. The lowest BCUT2D eigenvalue weighted by Crippen LogP contribution is -2.42. The lowest BCUT2D eigenvalue weighted by molar-refractivity contribution is -0.139. The first kappa shape index (κ1) is 26.4. The molecule has 9 nitrogen and oxygen atoms in total. The molecule has 0 radical (unpaired) electrons. The van der Waals surface area contributed by atoms with Crippen LogP contribution in [0, 0.1) is 20.8 Å². The number of carboxylic acid groups (broad SMARTS) is 1. The summed E-state index contributed by atoms with van der Waals surface area (Å²) >= 11 is 0. The van der Waals surface area contributed by atoms with Crippen molar-refractivity contribution in [3.63, 3.8) is 0 Å². The van der Waals surface area contributed by atoms with E-state index >= 15 is 0 Å². The summed E-state index contributed by atoms with van der Waals surface area (Å²) < 4.78 is 10.8. The highest BCUT2D eigenvalue weighted by Gasteiger charge is 2.23. The Morgan fingerprint density at radius 2 is 1.76 bits per heavy atom. The van der Waals surface area contributed by atoms with Gasteiger partial charge in [-0.1, -0.05) is 42.0 Å². The van der Waals surface area contributed by atoms with Crippen molar-refractivity contribution in [2.75, 3.05) is 12.4 Å². The smallest absolute Gasteiger partial charge is 0.326 e. The van der Waals surface area contributed by atoms with Crippen molar-refractivity contribution in [2.24, 2.45) is 0 Å². The monoisotopic (exact) mass is 514 g/mol. The normalized spacial score (nSPS) is 11.6. The van der Waals surface area contributed by atoms with Crippen LogP contribution < -0.4 is 15.4 Å². The van der Waals surface area contributed by atoms with Gasteiger partial charge in [-0.15, -0.1) is 0 Å². The minimum absolute atomic E-state index is 0.146. The average molecular weight is 515 g/mol. The number of aromatic nitrogens is 2. The first-order valence-corrected chi connectivity index (χ1v) is 12.1. The Morgan fingerprint density at radius 1 is 1.05 bits per heavy atom. The van der Waals surface area contributed by atoms with Crippen LogP contribution in [-0.2, 0) is 17.8 Å². The number of hydrogen-bond acceptors (Lipinski definition) is 7. The van der Waals surface area contributed by atoms with Gasteiger partial charge in [0.25, 0.3) is 5.91 Å². The van der Waals surface area contributed by atoms with E-state index in [9.17, 15) is 14.7 Å². The van der Waals surface area contributed by atoms with Crippen LogP contribution in [0.25, 0.3) is 11.3 Å². The number of anilines is 1. The summed E-state index contributed by atoms with van der Waals surface area (Å²) in [6.45, 7) is 6.01. The van der Waals surface area contributed by atoms with Crippen LogP contribution >= 0.6 is 0 Å². The molecule has 0 bridgehead atoms. The highest BCUT2D eigenvalue weighted by molar-refractivity contribution is 5.99. The Kier molecular flexibility index (Phi) is 8.06. The molecule has 196 valence electrons. The van der Waals surface area contributed by atoms with E-state index in [0.29, 0.717) is 35.3 Å². The molecule has 38 heavy (non-hydrogen) atoms. The van der Waals surface area contributed by atoms with Gasteiger partial charge in [0, 0.05) is 29.8 Å². The van der Waals surface area contributed by atoms with E-state index in [1.54, 1.807) is 31.7 Å². The second kappa shape index (κ2) is 11.6. The summed E-state index contributed by atoms with van der Waals surface area (Å²) in [6.07, 6.45) is 3.36. The number of carbonyl (C=O) groups is 2. The lowest BCUT2D eigenvalue weighted by atomic mass is 9.98. The molecule has 3 N–H and O–H groups in total. The van der Waals surface area contributed by atoms with E-state index in [0.717, 1.165) is 27.8 Å². The lowest BCUT2D eigenvalue weighted by Gasteiger charge is -2.17. The third-order valence-corrected chi connectivity index (χ3v) is 6.14.